The van der Waals surface area contributed by atoms with Crippen molar-refractivity contribution in [3.05, 3.63) is 34.4 Å². The third-order valence-corrected chi connectivity index (χ3v) is 3.40. The molecule has 1 heterocycles. The van der Waals surface area contributed by atoms with Crippen LogP contribution >= 0.6 is 0 Å². The molecule has 6 heteroatoms. The van der Waals surface area contributed by atoms with E-state index in [1.807, 2.05) is 12.1 Å². The molecule has 0 bridgehead atoms. The Kier molecular flexibility index (Phi) is 3.69. The van der Waals surface area contributed by atoms with E-state index in [1.165, 1.54) is 6.42 Å². The van der Waals surface area contributed by atoms with E-state index in [4.69, 9.17) is 9.90 Å². The first-order valence-corrected chi connectivity index (χ1v) is 6.16. The van der Waals surface area contributed by atoms with Crippen molar-refractivity contribution in [1.29, 1.82) is 0 Å². The molecule has 1 N–H and O–H groups in total. The lowest BCUT2D eigenvalue weighted by molar-refractivity contribution is -0.384. The van der Waals surface area contributed by atoms with Crippen LogP contribution in [0.3, 0.4) is 0 Å². The lowest BCUT2D eigenvalue weighted by Crippen LogP contribution is -2.21. The van der Waals surface area contributed by atoms with Crippen LogP contribution in [0.1, 0.15) is 13.3 Å². The number of non-ortho nitro benzene ring substituents is 1. The van der Waals surface area contributed by atoms with Crippen LogP contribution in [-0.4, -0.2) is 29.1 Å². The predicted molar refractivity (Wildman–Crippen MR) is 70.2 cm³/mol. The van der Waals surface area contributed by atoms with Gasteiger partial charge in [0.05, 0.1) is 4.92 Å². The number of benzene rings is 1. The van der Waals surface area contributed by atoms with Crippen molar-refractivity contribution in [1.82, 2.24) is 0 Å². The molecule has 0 radical (unpaired) electrons. The third kappa shape index (κ3) is 3.43. The van der Waals surface area contributed by atoms with E-state index < -0.39 is 5.97 Å². The van der Waals surface area contributed by atoms with Crippen molar-refractivity contribution < 1.29 is 14.8 Å². The summed E-state index contributed by atoms with van der Waals surface area (Å²) < 4.78 is 0. The lowest BCUT2D eigenvalue weighted by atomic mass is 10.2. The standard InChI is InChI=1S/C11H12N2O2.C2H4O2/c14-13(15)11-3-1-10(2-4-11)12-6-8-5-9(8)7-12;1-2(3)4/h1-4,8-9H,5-7H2;1H3,(H,3,4). The van der Waals surface area contributed by atoms with Crippen LogP contribution in [0.5, 0.6) is 0 Å². The molecule has 102 valence electrons. The summed E-state index contributed by atoms with van der Waals surface area (Å²) in [6, 6.07) is 6.87. The molecule has 1 saturated carbocycles. The van der Waals surface area contributed by atoms with Gasteiger partial charge in [-0.1, -0.05) is 0 Å². The summed E-state index contributed by atoms with van der Waals surface area (Å²) in [5, 5.41) is 17.9. The molecular formula is C13H16N2O4. The number of aliphatic carboxylic acids is 1. The molecule has 1 aliphatic carbocycles. The minimum atomic E-state index is -0.833. The van der Waals surface area contributed by atoms with E-state index in [9.17, 15) is 10.1 Å². The monoisotopic (exact) mass is 264 g/mol. The lowest BCUT2D eigenvalue weighted by Gasteiger charge is -2.19. The summed E-state index contributed by atoms with van der Waals surface area (Å²) in [5.41, 5.74) is 1.29. The van der Waals surface area contributed by atoms with Crippen LogP contribution in [0.15, 0.2) is 24.3 Å². The van der Waals surface area contributed by atoms with E-state index >= 15 is 0 Å². The Hall–Kier alpha value is -2.11. The Labute approximate surface area is 110 Å². The van der Waals surface area contributed by atoms with Gasteiger partial charge in [-0.2, -0.15) is 0 Å². The van der Waals surface area contributed by atoms with Gasteiger partial charge in [-0.05, 0) is 30.4 Å². The number of anilines is 1. The average Bonchev–Trinajstić information content (AvgIpc) is 2.95. The van der Waals surface area contributed by atoms with Crippen LogP contribution < -0.4 is 4.90 Å². The second-order valence-electron chi connectivity index (χ2n) is 4.95. The van der Waals surface area contributed by atoms with Crippen LogP contribution in [-0.2, 0) is 4.79 Å². The summed E-state index contributed by atoms with van der Waals surface area (Å²) in [7, 11) is 0. The van der Waals surface area contributed by atoms with Crippen molar-refractivity contribution in [3.8, 4) is 0 Å². The zero-order valence-corrected chi connectivity index (χ0v) is 10.7. The highest BCUT2D eigenvalue weighted by molar-refractivity contribution is 5.63. The number of hydrogen-bond donors (Lipinski definition) is 1. The number of piperidine rings is 1. The largest absolute Gasteiger partial charge is 0.481 e. The fourth-order valence-corrected chi connectivity index (χ4v) is 2.39. The number of carboxylic acid groups (broad SMARTS) is 1. The Balaban J connectivity index is 0.000000297. The second-order valence-corrected chi connectivity index (χ2v) is 4.95. The normalized spacial score (nSPS) is 23.1. The topological polar surface area (TPSA) is 83.7 Å². The van der Waals surface area contributed by atoms with E-state index in [0.29, 0.717) is 0 Å². The molecule has 6 nitrogen and oxygen atoms in total. The summed E-state index contributed by atoms with van der Waals surface area (Å²) in [6.07, 6.45) is 1.38. The number of carboxylic acids is 1. The van der Waals surface area contributed by atoms with Crippen LogP contribution in [0, 0.1) is 22.0 Å². The highest BCUT2D eigenvalue weighted by atomic mass is 16.6. The van der Waals surface area contributed by atoms with Gasteiger partial charge in [0.1, 0.15) is 0 Å². The molecule has 2 aliphatic rings. The van der Waals surface area contributed by atoms with Crippen molar-refractivity contribution in [2.45, 2.75) is 13.3 Å². The minimum absolute atomic E-state index is 0.170. The first kappa shape index (κ1) is 13.3. The van der Waals surface area contributed by atoms with Gasteiger partial charge in [0, 0.05) is 37.8 Å². The summed E-state index contributed by atoms with van der Waals surface area (Å²) >= 11 is 0. The summed E-state index contributed by atoms with van der Waals surface area (Å²) in [5.74, 6) is 0.945. The van der Waals surface area contributed by atoms with Gasteiger partial charge in [-0.25, -0.2) is 0 Å². The number of carbonyl (C=O) groups is 1. The molecule has 0 spiro atoms. The zero-order valence-electron chi connectivity index (χ0n) is 10.7. The van der Waals surface area contributed by atoms with Crippen LogP contribution in [0.25, 0.3) is 0 Å². The minimum Gasteiger partial charge on any atom is -0.481 e. The Morgan fingerprint density at radius 1 is 1.32 bits per heavy atom. The smallest absolute Gasteiger partial charge is 0.300 e. The van der Waals surface area contributed by atoms with Gasteiger partial charge in [0.15, 0.2) is 0 Å². The van der Waals surface area contributed by atoms with Gasteiger partial charge < -0.3 is 10.0 Å². The third-order valence-electron chi connectivity index (χ3n) is 3.40. The summed E-state index contributed by atoms with van der Waals surface area (Å²) in [6.45, 7) is 3.34. The maximum Gasteiger partial charge on any atom is 0.300 e. The zero-order chi connectivity index (χ0) is 14.0. The number of nitro benzene ring substituents is 1. The molecule has 0 amide bonds. The van der Waals surface area contributed by atoms with Crippen molar-refractivity contribution in [2.75, 3.05) is 18.0 Å². The van der Waals surface area contributed by atoms with Gasteiger partial charge >= 0.3 is 0 Å². The number of fused-ring (bicyclic) bond motifs is 1. The molecule has 2 fully saturated rings. The molecule has 0 aromatic heterocycles. The van der Waals surface area contributed by atoms with Gasteiger partial charge in [0.2, 0.25) is 0 Å². The Morgan fingerprint density at radius 2 is 1.79 bits per heavy atom. The fourth-order valence-electron chi connectivity index (χ4n) is 2.39. The maximum absolute atomic E-state index is 10.5. The maximum atomic E-state index is 10.5. The number of rotatable bonds is 2. The van der Waals surface area contributed by atoms with Crippen LogP contribution in [0.2, 0.25) is 0 Å². The van der Waals surface area contributed by atoms with Gasteiger partial charge in [-0.3, -0.25) is 14.9 Å². The number of hydrogen-bond acceptors (Lipinski definition) is 4. The first-order valence-electron chi connectivity index (χ1n) is 6.16. The quantitative estimate of drug-likeness (QED) is 0.653. The van der Waals surface area contributed by atoms with Crippen molar-refractivity contribution in [3.63, 3.8) is 0 Å². The Bertz CT molecular complexity index is 472. The van der Waals surface area contributed by atoms with E-state index in [2.05, 4.69) is 4.90 Å². The van der Waals surface area contributed by atoms with E-state index in [1.54, 1.807) is 12.1 Å². The van der Waals surface area contributed by atoms with E-state index in [-0.39, 0.29) is 10.6 Å². The molecule has 19 heavy (non-hydrogen) atoms. The Morgan fingerprint density at radius 3 is 2.21 bits per heavy atom. The molecule has 1 aromatic carbocycles. The molecule has 3 rings (SSSR count). The molecular weight excluding hydrogens is 248 g/mol. The molecule has 1 aliphatic heterocycles. The molecule has 2 unspecified atom stereocenters. The highest BCUT2D eigenvalue weighted by Gasteiger charge is 2.45. The van der Waals surface area contributed by atoms with Crippen LogP contribution in [0.4, 0.5) is 11.4 Å². The first-order chi connectivity index (χ1) is 8.97. The predicted octanol–water partition coefficient (Wildman–Crippen LogP) is 2.14. The molecule has 2 atom stereocenters. The SMILES string of the molecule is CC(=O)O.O=[N+]([O-])c1ccc(N2CC3CC3C2)cc1. The highest BCUT2D eigenvalue weighted by Crippen LogP contribution is 2.46. The molecule has 1 aromatic rings. The fraction of sp³-hybridized carbons (Fsp3) is 0.462. The van der Waals surface area contributed by atoms with Crippen molar-refractivity contribution in [2.24, 2.45) is 11.8 Å². The van der Waals surface area contributed by atoms with Crippen molar-refractivity contribution >= 4 is 17.3 Å². The van der Waals surface area contributed by atoms with Gasteiger partial charge in [-0.15, -0.1) is 0 Å². The summed E-state index contributed by atoms with van der Waals surface area (Å²) in [4.78, 5) is 21.5. The molecule has 1 saturated heterocycles. The van der Waals surface area contributed by atoms with Gasteiger partial charge in [0.25, 0.3) is 11.7 Å². The van der Waals surface area contributed by atoms with E-state index in [0.717, 1.165) is 37.5 Å². The number of nitrogens with zero attached hydrogens (tertiary/aromatic N) is 2. The average molecular weight is 264 g/mol. The second kappa shape index (κ2) is 5.26. The number of nitro groups is 1.